The van der Waals surface area contributed by atoms with Crippen LogP contribution in [0.2, 0.25) is 0 Å². The first-order chi connectivity index (χ1) is 31.9. The fourth-order valence-corrected chi connectivity index (χ4v) is 13.5. The van der Waals surface area contributed by atoms with Crippen molar-refractivity contribution in [2.45, 2.75) is 75.4 Å². The number of halogens is 4. The number of rotatable bonds is 2. The number of fused-ring (bicyclic) bond motifs is 12. The highest BCUT2D eigenvalue weighted by Gasteiger charge is 2.48. The van der Waals surface area contributed by atoms with Crippen LogP contribution in [0.25, 0.3) is 54.6 Å². The molecule has 0 radical (unpaired) electrons. The molecular formula is C54H34F4O6S2. The molecule has 4 heterocycles. The van der Waals surface area contributed by atoms with Crippen molar-refractivity contribution in [2.24, 2.45) is 0 Å². The third kappa shape index (κ3) is 5.70. The van der Waals surface area contributed by atoms with Gasteiger partial charge in [-0.1, -0.05) is 12.8 Å². The van der Waals surface area contributed by atoms with E-state index in [1.54, 1.807) is 12.2 Å². The molecule has 0 amide bonds. The maximum absolute atomic E-state index is 14.1. The number of ketones is 4. The van der Waals surface area contributed by atoms with E-state index in [1.807, 2.05) is 12.1 Å². The summed E-state index contributed by atoms with van der Waals surface area (Å²) >= 11 is 2.88. The first kappa shape index (κ1) is 39.8. The monoisotopic (exact) mass is 918 g/mol. The molecule has 2 aliphatic heterocycles. The van der Waals surface area contributed by atoms with Gasteiger partial charge >= 0.3 is 0 Å². The van der Waals surface area contributed by atoms with Crippen molar-refractivity contribution >= 4 is 79.5 Å². The summed E-state index contributed by atoms with van der Waals surface area (Å²) in [6, 6.07) is 18.3. The number of carbonyl (C=O) groups is 4. The van der Waals surface area contributed by atoms with Crippen LogP contribution in [-0.4, -0.2) is 23.1 Å². The van der Waals surface area contributed by atoms with Crippen LogP contribution in [0.5, 0.6) is 11.5 Å². The molecule has 13 rings (SSSR count). The molecule has 4 aliphatic carbocycles. The van der Waals surface area contributed by atoms with Gasteiger partial charge in [0.25, 0.3) is 0 Å². The SMILES string of the molecule is O=C1C(=Cc2cc3c(s2)-c2cc4c(cc2C2(CCCCC2)O3)-c2sc(C=C3C(=O)c5cc6cc(F)c(F)cc6cc5C3=O)cc2OC42CCCCC2)C(=O)c2cc3cc(F)c(F)cc3cc21. The van der Waals surface area contributed by atoms with Gasteiger partial charge in [-0.3, -0.25) is 19.2 Å². The topological polar surface area (TPSA) is 86.7 Å². The van der Waals surface area contributed by atoms with Gasteiger partial charge < -0.3 is 9.47 Å². The van der Waals surface area contributed by atoms with Crippen LogP contribution >= 0.6 is 22.7 Å². The van der Waals surface area contributed by atoms with E-state index in [0.29, 0.717) is 42.8 Å². The Kier molecular flexibility index (Phi) is 8.45. The predicted molar refractivity (Wildman–Crippen MR) is 245 cm³/mol. The van der Waals surface area contributed by atoms with Crippen molar-refractivity contribution < 1.29 is 46.2 Å². The van der Waals surface area contributed by atoms with Gasteiger partial charge in [-0.15, -0.1) is 22.7 Å². The minimum atomic E-state index is -1.03. The molecule has 5 aromatic carbocycles. The molecule has 2 saturated carbocycles. The molecule has 6 nitrogen and oxygen atoms in total. The fourth-order valence-electron chi connectivity index (χ4n) is 11.4. The van der Waals surface area contributed by atoms with Crippen LogP contribution in [0, 0.1) is 23.3 Å². The number of Topliss-reactive ketones (excluding diaryl/α,β-unsaturated/α-hetero) is 4. The zero-order valence-electron chi connectivity index (χ0n) is 34.9. The van der Waals surface area contributed by atoms with Gasteiger partial charge in [0.1, 0.15) is 22.7 Å². The van der Waals surface area contributed by atoms with Crippen LogP contribution in [0.1, 0.15) is 127 Å². The molecule has 6 aliphatic rings. The molecule has 326 valence electrons. The maximum atomic E-state index is 14.1. The van der Waals surface area contributed by atoms with E-state index in [2.05, 4.69) is 12.1 Å². The Morgan fingerprint density at radius 2 is 0.727 bits per heavy atom. The van der Waals surface area contributed by atoms with E-state index in [0.717, 1.165) is 120 Å². The highest BCUT2D eigenvalue weighted by molar-refractivity contribution is 7.17. The van der Waals surface area contributed by atoms with Crippen LogP contribution in [0.4, 0.5) is 17.6 Å². The summed E-state index contributed by atoms with van der Waals surface area (Å²) in [5, 5.41) is 1.31. The first-order valence-corrected chi connectivity index (χ1v) is 23.8. The second-order valence-corrected chi connectivity index (χ2v) is 20.6. The minimum Gasteiger partial charge on any atom is -0.481 e. The van der Waals surface area contributed by atoms with Crippen molar-refractivity contribution in [1.82, 2.24) is 0 Å². The second kappa shape index (κ2) is 14.0. The quantitative estimate of drug-likeness (QED) is 0.0975. The summed E-state index contributed by atoms with van der Waals surface area (Å²) in [6.45, 7) is 0. The van der Waals surface area contributed by atoms with Gasteiger partial charge in [0.05, 0.1) is 20.9 Å². The lowest BCUT2D eigenvalue weighted by molar-refractivity contribution is 0.0205. The van der Waals surface area contributed by atoms with Gasteiger partial charge in [-0.2, -0.15) is 0 Å². The van der Waals surface area contributed by atoms with Crippen molar-refractivity contribution in [2.75, 3.05) is 0 Å². The summed E-state index contributed by atoms with van der Waals surface area (Å²) in [5.74, 6) is -4.66. The van der Waals surface area contributed by atoms with Gasteiger partial charge in [0.2, 0.25) is 0 Å². The molecule has 0 atom stereocenters. The number of ether oxygens (including phenoxy) is 2. The van der Waals surface area contributed by atoms with Crippen LogP contribution in [0.15, 0.2) is 83.9 Å². The predicted octanol–water partition coefficient (Wildman–Crippen LogP) is 14.0. The van der Waals surface area contributed by atoms with Crippen LogP contribution in [-0.2, 0) is 11.2 Å². The standard InChI is InChI=1S/C54H34F4O6S2/c55-41-15-25-11-31-32(12-26(25)16-42(41)56)48(60)37(47(31)59)19-29-21-45-51(65-29)35-24-40-36(23-39(35)53(63-45)7-3-1-4-8-53)52-46(64-54(40)9-5-2-6-10-54)22-30(66-52)20-38-49(61)33-13-27-17-43(57)44(58)18-28(27)14-34(33)50(38)62/h11-24H,1-10H2. The summed E-state index contributed by atoms with van der Waals surface area (Å²) in [7, 11) is 0. The molecule has 66 heavy (non-hydrogen) atoms. The molecule has 2 fully saturated rings. The Labute approximate surface area is 382 Å². The average molecular weight is 919 g/mol. The molecule has 7 aromatic rings. The van der Waals surface area contributed by atoms with Crippen molar-refractivity contribution in [3.05, 3.63) is 150 Å². The number of hydrogen-bond donors (Lipinski definition) is 0. The Hall–Kier alpha value is -6.50. The van der Waals surface area contributed by atoms with Crippen molar-refractivity contribution in [3.8, 4) is 32.4 Å². The first-order valence-electron chi connectivity index (χ1n) is 22.2. The molecule has 2 aromatic heterocycles. The van der Waals surface area contributed by atoms with Crippen LogP contribution < -0.4 is 9.47 Å². The lowest BCUT2D eigenvalue weighted by Crippen LogP contribution is -2.40. The van der Waals surface area contributed by atoms with E-state index in [1.165, 1.54) is 46.9 Å². The molecule has 0 saturated heterocycles. The zero-order chi connectivity index (χ0) is 45.0. The van der Waals surface area contributed by atoms with E-state index in [9.17, 15) is 36.7 Å². The second-order valence-electron chi connectivity index (χ2n) is 18.4. The van der Waals surface area contributed by atoms with E-state index < -0.39 is 57.6 Å². The average Bonchev–Trinajstić information content (AvgIpc) is 4.03. The highest BCUT2D eigenvalue weighted by atomic mass is 32.1. The normalized spacial score (nSPS) is 18.5. The fraction of sp³-hybridized carbons (Fsp3) is 0.222. The number of thiophene rings is 2. The Bertz CT molecular complexity index is 3170. The Balaban J connectivity index is 0.920. The van der Waals surface area contributed by atoms with E-state index >= 15 is 0 Å². The zero-order valence-corrected chi connectivity index (χ0v) is 36.6. The van der Waals surface area contributed by atoms with Gasteiger partial charge in [0.15, 0.2) is 46.4 Å². The lowest BCUT2D eigenvalue weighted by Gasteiger charge is -2.45. The highest BCUT2D eigenvalue weighted by Crippen LogP contribution is 2.60. The van der Waals surface area contributed by atoms with Crippen LogP contribution in [0.3, 0.4) is 0 Å². The summed E-state index contributed by atoms with van der Waals surface area (Å²) in [6.07, 6.45) is 12.4. The van der Waals surface area contributed by atoms with Crippen molar-refractivity contribution in [3.63, 3.8) is 0 Å². The molecule has 0 unspecified atom stereocenters. The minimum absolute atomic E-state index is 0.0208. The van der Waals surface area contributed by atoms with Gasteiger partial charge in [-0.25, -0.2) is 17.6 Å². The molecule has 2 spiro atoms. The summed E-state index contributed by atoms with van der Waals surface area (Å²) < 4.78 is 70.8. The van der Waals surface area contributed by atoms with Gasteiger partial charge in [0, 0.05) is 54.3 Å². The largest absolute Gasteiger partial charge is 0.481 e. The number of allylic oxidation sites excluding steroid dienone is 2. The lowest BCUT2D eigenvalue weighted by atomic mass is 9.71. The third-order valence-electron chi connectivity index (χ3n) is 14.6. The molecule has 0 bridgehead atoms. The Morgan fingerprint density at radius 3 is 1.05 bits per heavy atom. The smallest absolute Gasteiger partial charge is 0.197 e. The van der Waals surface area contributed by atoms with Gasteiger partial charge in [-0.05, 0) is 158 Å². The maximum Gasteiger partial charge on any atom is 0.197 e. The molecular weight excluding hydrogens is 885 g/mol. The number of hydrogen-bond acceptors (Lipinski definition) is 8. The van der Waals surface area contributed by atoms with E-state index in [4.69, 9.17) is 9.47 Å². The van der Waals surface area contributed by atoms with E-state index in [-0.39, 0.29) is 33.4 Å². The Morgan fingerprint density at radius 1 is 0.409 bits per heavy atom. The summed E-state index contributed by atoms with van der Waals surface area (Å²) in [4.78, 5) is 58.3. The molecule has 0 N–H and O–H groups in total. The number of benzene rings is 5. The summed E-state index contributed by atoms with van der Waals surface area (Å²) in [5.41, 5.74) is 3.48. The third-order valence-corrected chi connectivity index (χ3v) is 16.8. The molecule has 12 heteroatoms. The van der Waals surface area contributed by atoms with Crippen molar-refractivity contribution in [1.29, 1.82) is 0 Å². The number of carbonyl (C=O) groups excluding carboxylic acids is 4.